The molecule has 0 rings (SSSR count). The minimum atomic E-state index is 0.417. The summed E-state index contributed by atoms with van der Waals surface area (Å²) in [7, 11) is 1.74. The van der Waals surface area contributed by atoms with Crippen LogP contribution in [0.2, 0.25) is 0 Å². The highest BCUT2D eigenvalue weighted by molar-refractivity contribution is 4.77. The third-order valence-electron chi connectivity index (χ3n) is 3.14. The van der Waals surface area contributed by atoms with Crippen LogP contribution in [0.25, 0.3) is 0 Å². The van der Waals surface area contributed by atoms with Crippen molar-refractivity contribution < 1.29 is 4.74 Å². The Kier molecular flexibility index (Phi) is 8.14. The highest BCUT2D eigenvalue weighted by Crippen LogP contribution is 2.21. The van der Waals surface area contributed by atoms with Gasteiger partial charge in [-0.15, -0.1) is 0 Å². The molecule has 0 aliphatic carbocycles. The van der Waals surface area contributed by atoms with Gasteiger partial charge in [0.15, 0.2) is 0 Å². The molecule has 3 N–H and O–H groups in total. The molecule has 0 heterocycles. The van der Waals surface area contributed by atoms with Crippen LogP contribution in [0.5, 0.6) is 0 Å². The van der Waals surface area contributed by atoms with Gasteiger partial charge in [-0.05, 0) is 18.3 Å². The van der Waals surface area contributed by atoms with Gasteiger partial charge in [-0.3, -0.25) is 11.3 Å². The Labute approximate surface area is 88.4 Å². The average Bonchev–Trinajstić information content (AvgIpc) is 2.22. The molecule has 3 heteroatoms. The lowest BCUT2D eigenvalue weighted by Crippen LogP contribution is -2.45. The minimum Gasteiger partial charge on any atom is -0.385 e. The van der Waals surface area contributed by atoms with E-state index in [0.29, 0.717) is 17.9 Å². The first-order chi connectivity index (χ1) is 6.71. The van der Waals surface area contributed by atoms with Crippen molar-refractivity contribution in [1.82, 2.24) is 5.43 Å². The van der Waals surface area contributed by atoms with Crippen molar-refractivity contribution >= 4 is 0 Å². The molecule has 3 nitrogen and oxygen atoms in total. The number of ether oxygens (including phenoxy) is 1. The second-order valence-corrected chi connectivity index (χ2v) is 4.03. The number of hydrogen-bond donors (Lipinski definition) is 2. The van der Waals surface area contributed by atoms with Gasteiger partial charge >= 0.3 is 0 Å². The Morgan fingerprint density at radius 2 is 1.86 bits per heavy atom. The molecular formula is C11H26N2O. The summed E-state index contributed by atoms with van der Waals surface area (Å²) >= 11 is 0. The summed E-state index contributed by atoms with van der Waals surface area (Å²) in [6.45, 7) is 7.50. The van der Waals surface area contributed by atoms with Crippen LogP contribution < -0.4 is 11.3 Å². The molecule has 0 radical (unpaired) electrons. The largest absolute Gasteiger partial charge is 0.385 e. The molecule has 2 unspecified atom stereocenters. The van der Waals surface area contributed by atoms with E-state index in [0.717, 1.165) is 13.0 Å². The lowest BCUT2D eigenvalue weighted by Gasteiger charge is -2.30. The lowest BCUT2D eigenvalue weighted by atomic mass is 9.85. The summed E-state index contributed by atoms with van der Waals surface area (Å²) in [6.07, 6.45) is 3.44. The summed E-state index contributed by atoms with van der Waals surface area (Å²) in [5.74, 6) is 6.85. The molecule has 0 saturated carbocycles. The van der Waals surface area contributed by atoms with Crippen LogP contribution in [0.3, 0.4) is 0 Å². The second kappa shape index (κ2) is 8.21. The predicted octanol–water partition coefficient (Wildman–Crippen LogP) is 1.93. The predicted molar refractivity (Wildman–Crippen MR) is 60.8 cm³/mol. The fraction of sp³-hybridized carbons (Fsp3) is 1.00. The van der Waals surface area contributed by atoms with Crippen LogP contribution in [-0.2, 0) is 4.74 Å². The van der Waals surface area contributed by atoms with E-state index in [1.807, 2.05) is 0 Å². The molecule has 0 aliphatic rings. The van der Waals surface area contributed by atoms with Crippen molar-refractivity contribution in [2.75, 3.05) is 13.7 Å². The third kappa shape index (κ3) is 4.40. The summed E-state index contributed by atoms with van der Waals surface area (Å²) in [5.41, 5.74) is 2.96. The van der Waals surface area contributed by atoms with Crippen LogP contribution in [0, 0.1) is 11.8 Å². The Bertz CT molecular complexity index is 126. The quantitative estimate of drug-likeness (QED) is 0.467. The normalized spacial score (nSPS) is 15.9. The van der Waals surface area contributed by atoms with E-state index in [-0.39, 0.29) is 0 Å². The zero-order valence-electron chi connectivity index (χ0n) is 10.0. The highest BCUT2D eigenvalue weighted by Gasteiger charge is 2.22. The van der Waals surface area contributed by atoms with Crippen molar-refractivity contribution in [3.63, 3.8) is 0 Å². The van der Waals surface area contributed by atoms with Gasteiger partial charge in [0, 0.05) is 19.8 Å². The summed E-state index contributed by atoms with van der Waals surface area (Å²) < 4.78 is 5.09. The van der Waals surface area contributed by atoms with E-state index in [2.05, 4.69) is 26.2 Å². The summed E-state index contributed by atoms with van der Waals surface area (Å²) in [5, 5.41) is 0. The minimum absolute atomic E-state index is 0.417. The SMILES string of the molecule is CCC(CC)C(NN)C(C)CCOC. The van der Waals surface area contributed by atoms with E-state index in [1.54, 1.807) is 7.11 Å². The second-order valence-electron chi connectivity index (χ2n) is 4.03. The van der Waals surface area contributed by atoms with Gasteiger partial charge < -0.3 is 4.74 Å². The molecule has 2 atom stereocenters. The molecule has 0 aliphatic heterocycles. The van der Waals surface area contributed by atoms with E-state index in [9.17, 15) is 0 Å². The Morgan fingerprint density at radius 3 is 2.21 bits per heavy atom. The van der Waals surface area contributed by atoms with E-state index in [1.165, 1.54) is 12.8 Å². The molecular weight excluding hydrogens is 176 g/mol. The fourth-order valence-corrected chi connectivity index (χ4v) is 2.04. The maximum Gasteiger partial charge on any atom is 0.0465 e. The van der Waals surface area contributed by atoms with E-state index in [4.69, 9.17) is 10.6 Å². The number of rotatable bonds is 8. The van der Waals surface area contributed by atoms with Crippen molar-refractivity contribution in [3.05, 3.63) is 0 Å². The molecule has 86 valence electrons. The Morgan fingerprint density at radius 1 is 1.29 bits per heavy atom. The number of hydrogen-bond acceptors (Lipinski definition) is 3. The summed E-state index contributed by atoms with van der Waals surface area (Å²) in [6, 6.07) is 0.417. The van der Waals surface area contributed by atoms with E-state index >= 15 is 0 Å². The van der Waals surface area contributed by atoms with Gasteiger partial charge in [0.1, 0.15) is 0 Å². The fourth-order valence-electron chi connectivity index (χ4n) is 2.04. The summed E-state index contributed by atoms with van der Waals surface area (Å²) in [4.78, 5) is 0. The maximum absolute atomic E-state index is 5.61. The van der Waals surface area contributed by atoms with Gasteiger partial charge in [-0.1, -0.05) is 33.6 Å². The number of methoxy groups -OCH3 is 1. The molecule has 0 fully saturated rings. The maximum atomic E-state index is 5.61. The molecule has 0 saturated heterocycles. The van der Waals surface area contributed by atoms with Crippen molar-refractivity contribution in [3.8, 4) is 0 Å². The van der Waals surface area contributed by atoms with Crippen LogP contribution >= 0.6 is 0 Å². The zero-order chi connectivity index (χ0) is 11.0. The van der Waals surface area contributed by atoms with Gasteiger partial charge in [0.05, 0.1) is 0 Å². The van der Waals surface area contributed by atoms with Crippen molar-refractivity contribution in [1.29, 1.82) is 0 Å². The lowest BCUT2D eigenvalue weighted by molar-refractivity contribution is 0.155. The average molecular weight is 202 g/mol. The standard InChI is InChI=1S/C11H26N2O/c1-5-10(6-2)11(13-12)9(3)7-8-14-4/h9-11,13H,5-8,12H2,1-4H3. The van der Waals surface area contributed by atoms with Crippen LogP contribution in [0.15, 0.2) is 0 Å². The molecule has 0 aromatic rings. The monoisotopic (exact) mass is 202 g/mol. The first-order valence-electron chi connectivity index (χ1n) is 5.66. The Balaban J connectivity index is 4.07. The smallest absolute Gasteiger partial charge is 0.0465 e. The molecule has 0 aromatic heterocycles. The topological polar surface area (TPSA) is 47.3 Å². The van der Waals surface area contributed by atoms with Gasteiger partial charge in [0.25, 0.3) is 0 Å². The van der Waals surface area contributed by atoms with Crippen molar-refractivity contribution in [2.24, 2.45) is 17.7 Å². The van der Waals surface area contributed by atoms with Crippen LogP contribution in [-0.4, -0.2) is 19.8 Å². The van der Waals surface area contributed by atoms with Crippen LogP contribution in [0.4, 0.5) is 0 Å². The molecule has 0 spiro atoms. The zero-order valence-corrected chi connectivity index (χ0v) is 10.0. The molecule has 0 aromatic carbocycles. The number of hydrazine groups is 1. The van der Waals surface area contributed by atoms with Gasteiger partial charge in [-0.25, -0.2) is 0 Å². The molecule has 0 bridgehead atoms. The first kappa shape index (κ1) is 13.9. The molecule has 14 heavy (non-hydrogen) atoms. The first-order valence-corrected chi connectivity index (χ1v) is 5.66. The van der Waals surface area contributed by atoms with Gasteiger partial charge in [0.2, 0.25) is 0 Å². The molecule has 0 amide bonds. The van der Waals surface area contributed by atoms with E-state index < -0.39 is 0 Å². The van der Waals surface area contributed by atoms with Crippen molar-refractivity contribution in [2.45, 2.75) is 46.1 Å². The number of nitrogens with two attached hydrogens (primary N) is 1. The highest BCUT2D eigenvalue weighted by atomic mass is 16.5. The third-order valence-corrected chi connectivity index (χ3v) is 3.14. The van der Waals surface area contributed by atoms with Crippen LogP contribution in [0.1, 0.15) is 40.0 Å². The Hall–Kier alpha value is -0.120. The van der Waals surface area contributed by atoms with Gasteiger partial charge in [-0.2, -0.15) is 0 Å². The number of nitrogens with one attached hydrogen (secondary N) is 1.